The maximum atomic E-state index is 12.7. The van der Waals surface area contributed by atoms with Gasteiger partial charge in [0.2, 0.25) is 0 Å². The predicted octanol–water partition coefficient (Wildman–Crippen LogP) is 3.60. The molecular weight excluding hydrogens is 527 g/mol. The monoisotopic (exact) mass is 544 g/mol. The van der Waals surface area contributed by atoms with Gasteiger partial charge in [-0.05, 0) is 46.6 Å². The fraction of sp³-hybridized carbons (Fsp3) is 0.333. The topological polar surface area (TPSA) is 96.6 Å². The zero-order valence-electron chi connectivity index (χ0n) is 14.8. The van der Waals surface area contributed by atoms with Crippen molar-refractivity contribution in [3.05, 3.63) is 34.9 Å². The van der Waals surface area contributed by atoms with Crippen molar-refractivity contribution in [1.29, 1.82) is 5.26 Å². The highest BCUT2D eigenvalue weighted by molar-refractivity contribution is 14.1. The lowest BCUT2D eigenvalue weighted by Crippen LogP contribution is -2.54. The van der Waals surface area contributed by atoms with Gasteiger partial charge in [-0.3, -0.25) is 9.78 Å². The molecule has 1 heterocycles. The predicted molar refractivity (Wildman–Crippen MR) is 115 cm³/mol. The van der Waals surface area contributed by atoms with Crippen LogP contribution in [0, 0.1) is 11.3 Å². The number of ether oxygens (including phenoxy) is 1. The Labute approximate surface area is 179 Å². The number of nitriles is 1. The van der Waals surface area contributed by atoms with Crippen LogP contribution in [0.15, 0.2) is 40.1 Å². The molecule has 0 spiro atoms. The van der Waals surface area contributed by atoms with E-state index in [0.29, 0.717) is 16.6 Å². The number of carbonyl (C=O) groups is 1. The summed E-state index contributed by atoms with van der Waals surface area (Å²) >= 11 is 5.40. The number of aromatic nitrogens is 1. The van der Waals surface area contributed by atoms with E-state index in [1.807, 2.05) is 47.7 Å². The molecule has 0 aliphatic heterocycles. The molecule has 1 aromatic carbocycles. The second-order valence-electron chi connectivity index (χ2n) is 5.65. The van der Waals surface area contributed by atoms with Gasteiger partial charge in [-0.15, -0.1) is 0 Å². The summed E-state index contributed by atoms with van der Waals surface area (Å²) in [7, 11) is 1.37. The van der Waals surface area contributed by atoms with Gasteiger partial charge in [-0.1, -0.05) is 34.7 Å². The molecule has 2 unspecified atom stereocenters. The summed E-state index contributed by atoms with van der Waals surface area (Å²) < 4.78 is 7.04. The number of halogens is 2. The van der Waals surface area contributed by atoms with E-state index in [-0.39, 0.29) is 0 Å². The normalized spacial score (nSPS) is 14.3. The largest absolute Gasteiger partial charge is 0.481 e. The number of nitrogens with zero attached hydrogens (tertiary/aromatic N) is 3. The SMILES string of the molecule is CCC(Oc1ccc2ncc(Br)cc2c1)C(=O)NC(C#N)(C=NOC)CI. The Morgan fingerprint density at radius 1 is 1.56 bits per heavy atom. The van der Waals surface area contributed by atoms with E-state index in [9.17, 15) is 10.1 Å². The third kappa shape index (κ3) is 5.52. The second kappa shape index (κ2) is 9.85. The van der Waals surface area contributed by atoms with Crippen molar-refractivity contribution in [2.24, 2.45) is 5.16 Å². The van der Waals surface area contributed by atoms with Crippen molar-refractivity contribution < 1.29 is 14.4 Å². The minimum absolute atomic E-state index is 0.311. The summed E-state index contributed by atoms with van der Waals surface area (Å²) in [6, 6.07) is 9.41. The molecule has 0 radical (unpaired) electrons. The number of fused-ring (bicyclic) bond motifs is 1. The molecular formula is C18H18BrIN4O3. The number of pyridine rings is 1. The number of carbonyl (C=O) groups excluding carboxylic acids is 1. The fourth-order valence-electron chi connectivity index (χ4n) is 2.27. The van der Waals surface area contributed by atoms with Gasteiger partial charge in [0.1, 0.15) is 12.9 Å². The van der Waals surface area contributed by atoms with Crippen LogP contribution in [0.25, 0.3) is 10.9 Å². The van der Waals surface area contributed by atoms with Crippen LogP contribution in [0.3, 0.4) is 0 Å². The van der Waals surface area contributed by atoms with Crippen LogP contribution in [0.5, 0.6) is 5.75 Å². The maximum Gasteiger partial charge on any atom is 0.262 e. The number of benzene rings is 1. The second-order valence-corrected chi connectivity index (χ2v) is 7.32. The molecule has 0 bridgehead atoms. The molecule has 7 nitrogen and oxygen atoms in total. The average molecular weight is 545 g/mol. The van der Waals surface area contributed by atoms with E-state index in [4.69, 9.17) is 4.74 Å². The summed E-state index contributed by atoms with van der Waals surface area (Å²) in [5.41, 5.74) is -0.435. The van der Waals surface area contributed by atoms with E-state index in [0.717, 1.165) is 15.4 Å². The molecule has 142 valence electrons. The lowest BCUT2D eigenvalue weighted by molar-refractivity contribution is -0.128. The molecule has 0 aliphatic rings. The van der Waals surface area contributed by atoms with Crippen molar-refractivity contribution in [3.8, 4) is 11.8 Å². The first kappa shape index (κ1) is 21.4. The summed E-state index contributed by atoms with van der Waals surface area (Å²) in [4.78, 5) is 21.6. The standard InChI is InChI=1S/C18H18BrIN4O3/c1-3-16(17(25)24-18(9-20,10-21)11-23-26-2)27-14-4-5-15-12(7-14)6-13(19)8-22-15/h4-8,11,16H,3,9H2,1-2H3,(H,24,25). The first-order valence-corrected chi connectivity index (χ1v) is 10.4. The molecule has 2 aromatic rings. The van der Waals surface area contributed by atoms with Crippen molar-refractivity contribution >= 4 is 61.5 Å². The zero-order valence-corrected chi connectivity index (χ0v) is 18.5. The highest BCUT2D eigenvalue weighted by atomic mass is 127. The number of rotatable bonds is 8. The minimum atomic E-state index is -1.26. The smallest absolute Gasteiger partial charge is 0.262 e. The first-order chi connectivity index (χ1) is 13.0. The van der Waals surface area contributed by atoms with E-state index >= 15 is 0 Å². The van der Waals surface area contributed by atoms with Gasteiger partial charge in [0.25, 0.3) is 5.91 Å². The van der Waals surface area contributed by atoms with Gasteiger partial charge in [0.05, 0.1) is 17.8 Å². The lowest BCUT2D eigenvalue weighted by atomic mass is 10.1. The van der Waals surface area contributed by atoms with Crippen LogP contribution in [-0.4, -0.2) is 40.3 Å². The Kier molecular flexibility index (Phi) is 7.79. The Morgan fingerprint density at radius 3 is 2.96 bits per heavy atom. The number of hydrogen-bond donors (Lipinski definition) is 1. The van der Waals surface area contributed by atoms with Crippen LogP contribution in [-0.2, 0) is 9.63 Å². The van der Waals surface area contributed by atoms with Gasteiger partial charge in [0.15, 0.2) is 11.6 Å². The van der Waals surface area contributed by atoms with Gasteiger partial charge in [-0.25, -0.2) is 0 Å². The van der Waals surface area contributed by atoms with Crippen LogP contribution >= 0.6 is 38.5 Å². The number of amides is 1. The molecule has 0 saturated heterocycles. The van der Waals surface area contributed by atoms with Gasteiger partial charge >= 0.3 is 0 Å². The van der Waals surface area contributed by atoms with Crippen LogP contribution in [0.1, 0.15) is 13.3 Å². The zero-order chi connectivity index (χ0) is 19.9. The maximum absolute atomic E-state index is 12.7. The van der Waals surface area contributed by atoms with Gasteiger partial charge in [0, 0.05) is 20.5 Å². The summed E-state index contributed by atoms with van der Waals surface area (Å²) in [6.45, 7) is 1.84. The van der Waals surface area contributed by atoms with E-state index in [1.54, 1.807) is 12.3 Å². The molecule has 1 N–H and O–H groups in total. The lowest BCUT2D eigenvalue weighted by Gasteiger charge is -2.24. The van der Waals surface area contributed by atoms with Crippen LogP contribution in [0.4, 0.5) is 0 Å². The molecule has 1 amide bonds. The van der Waals surface area contributed by atoms with Gasteiger partial charge in [-0.2, -0.15) is 5.26 Å². The number of hydrogen-bond acceptors (Lipinski definition) is 6. The number of oxime groups is 1. The van der Waals surface area contributed by atoms with E-state index in [2.05, 4.69) is 42.3 Å². The number of alkyl halides is 1. The van der Waals surface area contributed by atoms with Crippen molar-refractivity contribution in [1.82, 2.24) is 10.3 Å². The summed E-state index contributed by atoms with van der Waals surface area (Å²) in [5, 5.41) is 16.7. The average Bonchev–Trinajstić information content (AvgIpc) is 2.68. The number of nitrogens with one attached hydrogen (secondary N) is 1. The Balaban J connectivity index is 2.19. The molecule has 2 rings (SSSR count). The minimum Gasteiger partial charge on any atom is -0.481 e. The fourth-order valence-corrected chi connectivity index (χ4v) is 3.18. The molecule has 1 aromatic heterocycles. The molecule has 9 heteroatoms. The molecule has 0 saturated carbocycles. The highest BCUT2D eigenvalue weighted by Gasteiger charge is 2.32. The molecule has 0 fully saturated rings. The Morgan fingerprint density at radius 2 is 2.33 bits per heavy atom. The molecule has 2 atom stereocenters. The van der Waals surface area contributed by atoms with Crippen molar-refractivity contribution in [2.45, 2.75) is 25.0 Å². The van der Waals surface area contributed by atoms with Crippen LogP contribution in [0.2, 0.25) is 0 Å². The first-order valence-electron chi connectivity index (χ1n) is 8.05. The quantitative estimate of drug-likeness (QED) is 0.237. The third-order valence-corrected chi connectivity index (χ3v) is 5.33. The van der Waals surface area contributed by atoms with E-state index in [1.165, 1.54) is 13.3 Å². The Bertz CT molecular complexity index is 887. The molecule has 27 heavy (non-hydrogen) atoms. The van der Waals surface area contributed by atoms with Crippen LogP contribution < -0.4 is 10.1 Å². The Hall–Kier alpha value is -1.93. The summed E-state index contributed by atoms with van der Waals surface area (Å²) in [5.74, 6) is 0.151. The molecule has 0 aliphatic carbocycles. The van der Waals surface area contributed by atoms with Crippen molar-refractivity contribution in [2.75, 3.05) is 11.5 Å². The van der Waals surface area contributed by atoms with Gasteiger partial charge < -0.3 is 14.9 Å². The third-order valence-electron chi connectivity index (χ3n) is 3.70. The van der Waals surface area contributed by atoms with E-state index < -0.39 is 17.6 Å². The van der Waals surface area contributed by atoms with Crippen molar-refractivity contribution in [3.63, 3.8) is 0 Å². The highest BCUT2D eigenvalue weighted by Crippen LogP contribution is 2.23. The summed E-state index contributed by atoms with van der Waals surface area (Å²) in [6.07, 6.45) is 2.68.